The van der Waals surface area contributed by atoms with Crippen LogP contribution in [0.25, 0.3) is 38.9 Å². The van der Waals surface area contributed by atoms with Crippen LogP contribution < -0.4 is 5.56 Å². The number of morpholine rings is 1. The van der Waals surface area contributed by atoms with E-state index in [2.05, 4.69) is 15.2 Å². The summed E-state index contributed by atoms with van der Waals surface area (Å²) in [6, 6.07) is 11.3. The molecule has 4 heterocycles. The van der Waals surface area contributed by atoms with Crippen LogP contribution in [0, 0.1) is 0 Å². The number of amides is 1. The lowest BCUT2D eigenvalue weighted by atomic mass is 10.0. The molecule has 12 heteroatoms. The van der Waals surface area contributed by atoms with E-state index in [1.807, 2.05) is 0 Å². The van der Waals surface area contributed by atoms with Gasteiger partial charge in [-0.15, -0.1) is 0 Å². The zero-order valence-electron chi connectivity index (χ0n) is 20.1. The Labute approximate surface area is 213 Å². The molecule has 3 aromatic heterocycles. The lowest BCUT2D eigenvalue weighted by Gasteiger charge is -2.27. The summed E-state index contributed by atoms with van der Waals surface area (Å²) in [6.07, 6.45) is -3.02. The first-order valence-electron chi connectivity index (χ1n) is 11.8. The average molecular weight is 522 g/mol. The second-order valence-corrected chi connectivity index (χ2v) is 9.00. The number of benzene rings is 2. The van der Waals surface area contributed by atoms with Crippen molar-refractivity contribution < 1.29 is 22.7 Å². The molecule has 0 unspecified atom stereocenters. The third kappa shape index (κ3) is 3.93. The van der Waals surface area contributed by atoms with Gasteiger partial charge in [-0.2, -0.15) is 18.3 Å². The first kappa shape index (κ1) is 23.9. The standard InChI is InChI=1S/C26H21F3N6O3/c1-33-23-19(14-30-33)22-20(21(31-23)15-4-2-6-17(12-15)26(27,28)29)25(37)35(32-22)18-7-3-5-16(13-18)24(36)34-8-10-38-11-9-34/h2-7,12-14,32H,8-11H2,1H3. The zero-order valence-corrected chi connectivity index (χ0v) is 20.1. The zero-order chi connectivity index (χ0) is 26.6. The Hall–Kier alpha value is -4.45. The van der Waals surface area contributed by atoms with Gasteiger partial charge in [0.1, 0.15) is 0 Å². The SMILES string of the molecule is Cn1ncc2c3[nH]n(-c4cccc(C(=O)N5CCOCC5)c4)c(=O)c3c(-c3cccc(C(F)(F)F)c3)nc21. The maximum Gasteiger partial charge on any atom is 0.416 e. The van der Waals surface area contributed by atoms with Gasteiger partial charge in [-0.1, -0.05) is 18.2 Å². The van der Waals surface area contributed by atoms with Gasteiger partial charge < -0.3 is 9.64 Å². The normalized spacial score (nSPS) is 14.5. The Bertz CT molecular complexity index is 1760. The molecule has 1 fully saturated rings. The molecule has 0 aliphatic carbocycles. The molecule has 0 bridgehead atoms. The molecule has 1 aliphatic rings. The third-order valence-corrected chi connectivity index (χ3v) is 6.63. The van der Waals surface area contributed by atoms with Crippen LogP contribution in [0.2, 0.25) is 0 Å². The second-order valence-electron chi connectivity index (χ2n) is 9.00. The molecular weight excluding hydrogens is 501 g/mol. The van der Waals surface area contributed by atoms with Crippen LogP contribution in [0.5, 0.6) is 0 Å². The van der Waals surface area contributed by atoms with E-state index in [0.29, 0.717) is 54.1 Å². The van der Waals surface area contributed by atoms with Crippen molar-refractivity contribution in [1.29, 1.82) is 0 Å². The molecule has 9 nitrogen and oxygen atoms in total. The monoisotopic (exact) mass is 522 g/mol. The molecule has 0 radical (unpaired) electrons. The Morgan fingerprint density at radius 1 is 1.08 bits per heavy atom. The summed E-state index contributed by atoms with van der Waals surface area (Å²) in [6.45, 7) is 1.86. The molecule has 0 spiro atoms. The van der Waals surface area contributed by atoms with Crippen molar-refractivity contribution in [1.82, 2.24) is 29.4 Å². The third-order valence-electron chi connectivity index (χ3n) is 6.63. The van der Waals surface area contributed by atoms with Crippen molar-refractivity contribution in [3.05, 3.63) is 76.2 Å². The van der Waals surface area contributed by atoms with Crippen LogP contribution in [-0.4, -0.2) is 61.7 Å². The minimum absolute atomic E-state index is 0.0998. The van der Waals surface area contributed by atoms with Crippen molar-refractivity contribution in [3.8, 4) is 16.9 Å². The molecule has 1 amide bonds. The van der Waals surface area contributed by atoms with Gasteiger partial charge in [-0.05, 0) is 30.3 Å². The van der Waals surface area contributed by atoms with E-state index >= 15 is 0 Å². The predicted molar refractivity (Wildman–Crippen MR) is 133 cm³/mol. The van der Waals surface area contributed by atoms with Gasteiger partial charge in [0, 0.05) is 31.3 Å². The number of pyridine rings is 1. The number of halogens is 3. The molecule has 5 aromatic rings. The molecule has 1 N–H and O–H groups in total. The van der Waals surface area contributed by atoms with E-state index in [4.69, 9.17) is 4.74 Å². The van der Waals surface area contributed by atoms with Gasteiger partial charge in [0.05, 0.1) is 52.6 Å². The van der Waals surface area contributed by atoms with E-state index in [9.17, 15) is 22.8 Å². The molecule has 0 saturated carbocycles. The van der Waals surface area contributed by atoms with Crippen LogP contribution in [0.15, 0.2) is 59.5 Å². The molecule has 2 aromatic carbocycles. The summed E-state index contributed by atoms with van der Waals surface area (Å²) in [5.74, 6) is -0.180. The second kappa shape index (κ2) is 8.84. The number of fused-ring (bicyclic) bond motifs is 3. The number of hydrogen-bond donors (Lipinski definition) is 1. The fraction of sp³-hybridized carbons (Fsp3) is 0.231. The number of ether oxygens (including phenoxy) is 1. The number of carbonyl (C=O) groups is 1. The maximum absolute atomic E-state index is 13.8. The highest BCUT2D eigenvalue weighted by Crippen LogP contribution is 2.34. The topological polar surface area (TPSA) is 98.0 Å². The highest BCUT2D eigenvalue weighted by atomic mass is 19.4. The minimum atomic E-state index is -4.56. The van der Waals surface area contributed by atoms with E-state index in [0.717, 1.165) is 12.1 Å². The van der Waals surface area contributed by atoms with E-state index in [-0.39, 0.29) is 22.6 Å². The lowest BCUT2D eigenvalue weighted by molar-refractivity contribution is -0.137. The maximum atomic E-state index is 13.8. The summed E-state index contributed by atoms with van der Waals surface area (Å²) < 4.78 is 48.5. The Balaban J connectivity index is 1.55. The highest BCUT2D eigenvalue weighted by molar-refractivity contribution is 6.07. The molecule has 1 aliphatic heterocycles. The summed E-state index contributed by atoms with van der Waals surface area (Å²) in [7, 11) is 1.66. The van der Waals surface area contributed by atoms with Gasteiger partial charge in [-0.3, -0.25) is 19.4 Å². The average Bonchev–Trinajstić information content (AvgIpc) is 3.48. The predicted octanol–water partition coefficient (Wildman–Crippen LogP) is 3.76. The highest BCUT2D eigenvalue weighted by Gasteiger charge is 2.31. The Morgan fingerprint density at radius 2 is 1.84 bits per heavy atom. The molecule has 1 saturated heterocycles. The molecule has 6 rings (SSSR count). The summed E-state index contributed by atoms with van der Waals surface area (Å²) in [5, 5.41) is 7.96. The van der Waals surface area contributed by atoms with Crippen molar-refractivity contribution >= 4 is 27.8 Å². The number of carbonyl (C=O) groups excluding carboxylic acids is 1. The van der Waals surface area contributed by atoms with E-state index < -0.39 is 17.3 Å². The number of aromatic amines is 1. The fourth-order valence-corrected chi connectivity index (χ4v) is 4.71. The molecular formula is C26H21F3N6O3. The number of nitrogens with zero attached hydrogens (tertiary/aromatic N) is 5. The molecule has 38 heavy (non-hydrogen) atoms. The minimum Gasteiger partial charge on any atom is -0.378 e. The van der Waals surface area contributed by atoms with Crippen LogP contribution in [0.3, 0.4) is 0 Å². The first-order valence-corrected chi connectivity index (χ1v) is 11.8. The van der Waals surface area contributed by atoms with Gasteiger partial charge in [0.25, 0.3) is 11.5 Å². The summed E-state index contributed by atoms with van der Waals surface area (Å²) in [5.41, 5.74) is 0.465. The Morgan fingerprint density at radius 3 is 2.61 bits per heavy atom. The summed E-state index contributed by atoms with van der Waals surface area (Å²) in [4.78, 5) is 33.0. The lowest BCUT2D eigenvalue weighted by Crippen LogP contribution is -2.40. The molecule has 0 atom stereocenters. The number of alkyl halides is 3. The summed E-state index contributed by atoms with van der Waals surface area (Å²) >= 11 is 0. The number of nitrogens with one attached hydrogen (secondary N) is 1. The number of aromatic nitrogens is 5. The van der Waals surface area contributed by atoms with Gasteiger partial charge in [-0.25, -0.2) is 9.67 Å². The van der Waals surface area contributed by atoms with Crippen LogP contribution in [-0.2, 0) is 18.0 Å². The van der Waals surface area contributed by atoms with Crippen LogP contribution in [0.4, 0.5) is 13.2 Å². The molecule has 194 valence electrons. The van der Waals surface area contributed by atoms with E-state index in [1.165, 1.54) is 21.5 Å². The van der Waals surface area contributed by atoms with E-state index in [1.54, 1.807) is 42.4 Å². The quantitative estimate of drug-likeness (QED) is 0.389. The Kier molecular flexibility index (Phi) is 5.56. The van der Waals surface area contributed by atoms with Crippen LogP contribution in [0.1, 0.15) is 15.9 Å². The number of aryl methyl sites for hydroxylation is 1. The van der Waals surface area contributed by atoms with Crippen molar-refractivity contribution in [2.75, 3.05) is 26.3 Å². The largest absolute Gasteiger partial charge is 0.416 e. The first-order chi connectivity index (χ1) is 18.2. The van der Waals surface area contributed by atoms with Crippen molar-refractivity contribution in [2.24, 2.45) is 7.05 Å². The van der Waals surface area contributed by atoms with Crippen molar-refractivity contribution in [3.63, 3.8) is 0 Å². The van der Waals surface area contributed by atoms with Gasteiger partial charge in [0.15, 0.2) is 5.65 Å². The smallest absolute Gasteiger partial charge is 0.378 e. The fourth-order valence-electron chi connectivity index (χ4n) is 4.71. The van der Waals surface area contributed by atoms with Crippen molar-refractivity contribution in [2.45, 2.75) is 6.18 Å². The van der Waals surface area contributed by atoms with Crippen LogP contribution >= 0.6 is 0 Å². The number of H-pyrrole nitrogens is 1. The number of hydrogen-bond acceptors (Lipinski definition) is 5. The number of rotatable bonds is 3. The van der Waals surface area contributed by atoms with Gasteiger partial charge in [0.2, 0.25) is 0 Å². The van der Waals surface area contributed by atoms with Gasteiger partial charge >= 0.3 is 6.18 Å².